The summed E-state index contributed by atoms with van der Waals surface area (Å²) >= 11 is 5.35. The Bertz CT molecular complexity index is 653. The lowest BCUT2D eigenvalue weighted by atomic mass is 10.2. The Morgan fingerprint density at radius 3 is 2.38 bits per heavy atom. The topological polar surface area (TPSA) is 55.4 Å². The number of rotatable bonds is 5. The Labute approximate surface area is 127 Å². The van der Waals surface area contributed by atoms with Gasteiger partial charge in [-0.1, -0.05) is 18.2 Å². The third kappa shape index (κ3) is 4.33. The Morgan fingerprint density at radius 1 is 1.10 bits per heavy atom. The zero-order valence-corrected chi connectivity index (χ0v) is 12.2. The van der Waals surface area contributed by atoms with Crippen molar-refractivity contribution in [2.24, 2.45) is 0 Å². The molecule has 0 heterocycles. The smallest absolute Gasteiger partial charge is 0.262 e. The molecule has 0 aliphatic rings. The lowest BCUT2D eigenvalue weighted by Crippen LogP contribution is -2.20. The van der Waals surface area contributed by atoms with Gasteiger partial charge in [0.15, 0.2) is 6.61 Å². The molecule has 0 bridgehead atoms. The van der Waals surface area contributed by atoms with Crippen LogP contribution in [0.15, 0.2) is 48.5 Å². The standard InChI is InChI=1S/C16H14ClNO3/c1-11-4-2-3-5-14(11)21-10-15(19)18-13-8-6-12(7-9-13)16(17)20/h2-9H,10H2,1H3,(H,18,19). The number of ether oxygens (including phenoxy) is 1. The molecule has 4 nitrogen and oxygen atoms in total. The van der Waals surface area contributed by atoms with Gasteiger partial charge in [-0.15, -0.1) is 0 Å². The monoisotopic (exact) mass is 303 g/mol. The average molecular weight is 304 g/mol. The lowest BCUT2D eigenvalue weighted by molar-refractivity contribution is -0.118. The third-order valence-electron chi connectivity index (χ3n) is 2.85. The van der Waals surface area contributed by atoms with Gasteiger partial charge in [0.1, 0.15) is 5.75 Å². The fourth-order valence-electron chi connectivity index (χ4n) is 1.74. The first kappa shape index (κ1) is 15.1. The minimum absolute atomic E-state index is 0.0823. The summed E-state index contributed by atoms with van der Waals surface area (Å²) in [4.78, 5) is 22.7. The molecule has 5 heteroatoms. The molecule has 0 fully saturated rings. The molecular weight excluding hydrogens is 290 g/mol. The Hall–Kier alpha value is -2.33. The van der Waals surface area contributed by atoms with Gasteiger partial charge in [-0.05, 0) is 54.4 Å². The van der Waals surface area contributed by atoms with E-state index in [4.69, 9.17) is 16.3 Å². The molecule has 1 amide bonds. The first-order chi connectivity index (χ1) is 10.1. The second-order valence-electron chi connectivity index (χ2n) is 4.45. The van der Waals surface area contributed by atoms with Crippen LogP contribution >= 0.6 is 11.6 Å². The number of hydrogen-bond donors (Lipinski definition) is 1. The Kier molecular flexibility index (Phi) is 4.95. The maximum absolute atomic E-state index is 11.8. The summed E-state index contributed by atoms with van der Waals surface area (Å²) in [7, 11) is 0. The van der Waals surface area contributed by atoms with Crippen molar-refractivity contribution in [2.75, 3.05) is 11.9 Å². The number of hydrogen-bond acceptors (Lipinski definition) is 3. The molecule has 0 spiro atoms. The molecule has 2 rings (SSSR count). The molecule has 21 heavy (non-hydrogen) atoms. The number of anilines is 1. The van der Waals surface area contributed by atoms with Crippen molar-refractivity contribution in [1.82, 2.24) is 0 Å². The van der Waals surface area contributed by atoms with Crippen LogP contribution in [0.3, 0.4) is 0 Å². The minimum atomic E-state index is -0.532. The molecule has 0 unspecified atom stereocenters. The number of para-hydroxylation sites is 1. The van der Waals surface area contributed by atoms with Gasteiger partial charge in [-0.25, -0.2) is 0 Å². The summed E-state index contributed by atoms with van der Waals surface area (Å²) < 4.78 is 5.45. The van der Waals surface area contributed by atoms with E-state index < -0.39 is 5.24 Å². The van der Waals surface area contributed by atoms with Crippen LogP contribution in [-0.2, 0) is 4.79 Å². The zero-order chi connectivity index (χ0) is 15.2. The number of aryl methyl sites for hydroxylation is 1. The first-order valence-corrected chi connectivity index (χ1v) is 6.72. The maximum Gasteiger partial charge on any atom is 0.262 e. The van der Waals surface area contributed by atoms with Crippen LogP contribution < -0.4 is 10.1 Å². The van der Waals surface area contributed by atoms with Crippen molar-refractivity contribution in [3.63, 3.8) is 0 Å². The molecule has 108 valence electrons. The molecule has 0 saturated heterocycles. The van der Waals surface area contributed by atoms with Crippen molar-refractivity contribution >= 4 is 28.4 Å². The van der Waals surface area contributed by atoms with Gasteiger partial charge in [-0.3, -0.25) is 9.59 Å². The molecule has 0 aromatic heterocycles. The maximum atomic E-state index is 11.8. The van der Waals surface area contributed by atoms with E-state index in [-0.39, 0.29) is 12.5 Å². The molecule has 0 aliphatic heterocycles. The molecule has 2 aromatic rings. The van der Waals surface area contributed by atoms with Gasteiger partial charge >= 0.3 is 0 Å². The number of nitrogens with one attached hydrogen (secondary N) is 1. The fourth-order valence-corrected chi connectivity index (χ4v) is 1.87. The van der Waals surface area contributed by atoms with E-state index in [0.29, 0.717) is 17.0 Å². The number of carbonyl (C=O) groups is 2. The van der Waals surface area contributed by atoms with E-state index in [1.807, 2.05) is 31.2 Å². The molecule has 0 saturated carbocycles. The second kappa shape index (κ2) is 6.90. The van der Waals surface area contributed by atoms with Gasteiger partial charge in [-0.2, -0.15) is 0 Å². The summed E-state index contributed by atoms with van der Waals surface area (Å²) in [5.41, 5.74) is 1.93. The van der Waals surface area contributed by atoms with Gasteiger partial charge in [0.05, 0.1) is 0 Å². The van der Waals surface area contributed by atoms with Crippen molar-refractivity contribution < 1.29 is 14.3 Å². The van der Waals surface area contributed by atoms with Crippen molar-refractivity contribution in [3.05, 3.63) is 59.7 Å². The lowest BCUT2D eigenvalue weighted by Gasteiger charge is -2.09. The van der Waals surface area contributed by atoms with Crippen LogP contribution in [0, 0.1) is 6.92 Å². The summed E-state index contributed by atoms with van der Waals surface area (Å²) in [6.07, 6.45) is 0. The van der Waals surface area contributed by atoms with Gasteiger partial charge < -0.3 is 10.1 Å². The third-order valence-corrected chi connectivity index (χ3v) is 3.07. The first-order valence-electron chi connectivity index (χ1n) is 6.34. The summed E-state index contributed by atoms with van der Waals surface area (Å²) in [6.45, 7) is 1.83. The zero-order valence-electron chi connectivity index (χ0n) is 11.4. The molecule has 2 aromatic carbocycles. The molecule has 1 N–H and O–H groups in total. The van der Waals surface area contributed by atoms with Crippen LogP contribution in [-0.4, -0.2) is 17.8 Å². The summed E-state index contributed by atoms with van der Waals surface area (Å²) in [5.74, 6) is 0.402. The number of carbonyl (C=O) groups excluding carboxylic acids is 2. The van der Waals surface area contributed by atoms with Gasteiger partial charge in [0, 0.05) is 11.3 Å². The highest BCUT2D eigenvalue weighted by atomic mass is 35.5. The highest BCUT2D eigenvalue weighted by molar-refractivity contribution is 6.67. The highest BCUT2D eigenvalue weighted by Gasteiger charge is 2.06. The van der Waals surface area contributed by atoms with Crippen molar-refractivity contribution in [2.45, 2.75) is 6.92 Å². The van der Waals surface area contributed by atoms with E-state index in [1.54, 1.807) is 24.3 Å². The van der Waals surface area contributed by atoms with E-state index in [2.05, 4.69) is 5.32 Å². The van der Waals surface area contributed by atoms with Crippen LogP contribution in [0.1, 0.15) is 15.9 Å². The number of halogens is 1. The van der Waals surface area contributed by atoms with Crippen LogP contribution in [0.4, 0.5) is 5.69 Å². The quantitative estimate of drug-likeness (QED) is 0.861. The van der Waals surface area contributed by atoms with Gasteiger partial charge in [0.25, 0.3) is 11.1 Å². The van der Waals surface area contributed by atoms with Crippen LogP contribution in [0.2, 0.25) is 0 Å². The van der Waals surface area contributed by atoms with Crippen LogP contribution in [0.5, 0.6) is 5.75 Å². The number of amides is 1. The average Bonchev–Trinajstić information content (AvgIpc) is 2.47. The minimum Gasteiger partial charge on any atom is -0.483 e. The molecule has 0 aliphatic carbocycles. The van der Waals surface area contributed by atoms with Crippen molar-refractivity contribution in [3.8, 4) is 5.75 Å². The van der Waals surface area contributed by atoms with Crippen LogP contribution in [0.25, 0.3) is 0 Å². The Morgan fingerprint density at radius 2 is 1.76 bits per heavy atom. The number of benzene rings is 2. The van der Waals surface area contributed by atoms with Gasteiger partial charge in [0.2, 0.25) is 0 Å². The summed E-state index contributed by atoms with van der Waals surface area (Å²) in [6, 6.07) is 13.8. The normalized spacial score (nSPS) is 10.0. The molecule has 0 atom stereocenters. The Balaban J connectivity index is 1.90. The molecular formula is C16H14ClNO3. The fraction of sp³-hybridized carbons (Fsp3) is 0.125. The summed E-state index contributed by atoms with van der Waals surface area (Å²) in [5, 5.41) is 2.15. The highest BCUT2D eigenvalue weighted by Crippen LogP contribution is 2.16. The SMILES string of the molecule is Cc1ccccc1OCC(=O)Nc1ccc(C(=O)Cl)cc1. The van der Waals surface area contributed by atoms with E-state index in [1.165, 1.54) is 0 Å². The van der Waals surface area contributed by atoms with E-state index in [9.17, 15) is 9.59 Å². The predicted molar refractivity (Wildman–Crippen MR) is 81.9 cm³/mol. The van der Waals surface area contributed by atoms with E-state index in [0.717, 1.165) is 5.56 Å². The largest absolute Gasteiger partial charge is 0.483 e. The molecule has 0 radical (unpaired) electrons. The van der Waals surface area contributed by atoms with E-state index >= 15 is 0 Å². The van der Waals surface area contributed by atoms with Crippen molar-refractivity contribution in [1.29, 1.82) is 0 Å². The predicted octanol–water partition coefficient (Wildman–Crippen LogP) is 3.39. The second-order valence-corrected chi connectivity index (χ2v) is 4.80.